The number of benzene rings is 1. The lowest BCUT2D eigenvalue weighted by Gasteiger charge is -2.34. The Morgan fingerprint density at radius 3 is 2.09 bits per heavy atom. The molecular formula is C24H43IN6O. The molecule has 1 aromatic rings. The van der Waals surface area contributed by atoms with E-state index in [0.717, 1.165) is 51.8 Å². The van der Waals surface area contributed by atoms with Gasteiger partial charge in [0.05, 0.1) is 6.54 Å². The Kier molecular flexibility index (Phi) is 14.6. The first-order chi connectivity index (χ1) is 15.1. The second-order valence-corrected chi connectivity index (χ2v) is 7.96. The first kappa shape index (κ1) is 28.6. The average Bonchev–Trinajstić information content (AvgIpc) is 2.80. The molecule has 1 aliphatic rings. The van der Waals surface area contributed by atoms with Gasteiger partial charge in [0.2, 0.25) is 5.91 Å². The molecule has 0 atom stereocenters. The average molecular weight is 559 g/mol. The summed E-state index contributed by atoms with van der Waals surface area (Å²) in [6.45, 7) is 18.6. The minimum Gasteiger partial charge on any atom is -0.357 e. The van der Waals surface area contributed by atoms with Crippen LogP contribution in [0.5, 0.6) is 0 Å². The van der Waals surface area contributed by atoms with Gasteiger partial charge in [0.1, 0.15) is 0 Å². The second-order valence-electron chi connectivity index (χ2n) is 7.96. The molecule has 2 rings (SSSR count). The van der Waals surface area contributed by atoms with E-state index in [1.807, 2.05) is 25.7 Å². The number of hydrogen-bond acceptors (Lipinski definition) is 4. The number of guanidine groups is 1. The maximum Gasteiger partial charge on any atom is 0.224 e. The fourth-order valence-electron chi connectivity index (χ4n) is 3.81. The van der Waals surface area contributed by atoms with Crippen molar-refractivity contribution in [2.24, 2.45) is 4.99 Å². The van der Waals surface area contributed by atoms with E-state index in [0.29, 0.717) is 19.5 Å². The van der Waals surface area contributed by atoms with Crippen LogP contribution in [0.4, 0.5) is 0 Å². The van der Waals surface area contributed by atoms with Gasteiger partial charge < -0.3 is 20.4 Å². The fraction of sp³-hybridized carbons (Fsp3) is 0.667. The minimum atomic E-state index is 0. The SMILES string of the molecule is CCNC(=NCc1ccc(CN2CCN(CC)CC2)cc1)NCCC(=O)N(CC)CC.I. The van der Waals surface area contributed by atoms with Crippen molar-refractivity contribution < 1.29 is 4.79 Å². The summed E-state index contributed by atoms with van der Waals surface area (Å²) in [5.41, 5.74) is 2.55. The molecule has 0 radical (unpaired) electrons. The summed E-state index contributed by atoms with van der Waals surface area (Å²) >= 11 is 0. The molecule has 182 valence electrons. The zero-order chi connectivity index (χ0) is 22.5. The monoisotopic (exact) mass is 558 g/mol. The van der Waals surface area contributed by atoms with Gasteiger partial charge in [-0.1, -0.05) is 31.2 Å². The third-order valence-electron chi connectivity index (χ3n) is 5.85. The summed E-state index contributed by atoms with van der Waals surface area (Å²) < 4.78 is 0. The van der Waals surface area contributed by atoms with E-state index in [2.05, 4.69) is 56.6 Å². The Hall–Kier alpha value is -1.39. The number of likely N-dealkylation sites (N-methyl/N-ethyl adjacent to an activating group) is 1. The van der Waals surface area contributed by atoms with E-state index in [-0.39, 0.29) is 29.9 Å². The van der Waals surface area contributed by atoms with Gasteiger partial charge in [0.25, 0.3) is 0 Å². The maximum absolute atomic E-state index is 12.2. The lowest BCUT2D eigenvalue weighted by Crippen LogP contribution is -2.45. The van der Waals surface area contributed by atoms with E-state index < -0.39 is 0 Å². The van der Waals surface area contributed by atoms with Crippen molar-refractivity contribution in [1.29, 1.82) is 0 Å². The Labute approximate surface area is 212 Å². The third kappa shape index (κ3) is 10.0. The van der Waals surface area contributed by atoms with E-state index in [1.54, 1.807) is 0 Å². The highest BCUT2D eigenvalue weighted by Gasteiger charge is 2.15. The van der Waals surface area contributed by atoms with Crippen LogP contribution in [-0.2, 0) is 17.9 Å². The largest absolute Gasteiger partial charge is 0.357 e. The Morgan fingerprint density at radius 2 is 1.53 bits per heavy atom. The highest BCUT2D eigenvalue weighted by Crippen LogP contribution is 2.11. The minimum absolute atomic E-state index is 0. The van der Waals surface area contributed by atoms with Gasteiger partial charge >= 0.3 is 0 Å². The van der Waals surface area contributed by atoms with Crippen molar-refractivity contribution in [3.8, 4) is 0 Å². The Balaban J connectivity index is 0.00000512. The third-order valence-corrected chi connectivity index (χ3v) is 5.85. The lowest BCUT2D eigenvalue weighted by molar-refractivity contribution is -0.130. The molecule has 0 aliphatic carbocycles. The van der Waals surface area contributed by atoms with Crippen LogP contribution in [-0.4, -0.2) is 85.5 Å². The molecule has 1 heterocycles. The molecule has 32 heavy (non-hydrogen) atoms. The van der Waals surface area contributed by atoms with E-state index >= 15 is 0 Å². The van der Waals surface area contributed by atoms with Gasteiger partial charge in [0, 0.05) is 65.3 Å². The normalized spacial score (nSPS) is 15.2. The van der Waals surface area contributed by atoms with E-state index in [1.165, 1.54) is 24.2 Å². The van der Waals surface area contributed by atoms with Crippen LogP contribution < -0.4 is 10.6 Å². The van der Waals surface area contributed by atoms with E-state index in [4.69, 9.17) is 0 Å². The summed E-state index contributed by atoms with van der Waals surface area (Å²) in [6, 6.07) is 8.80. The summed E-state index contributed by atoms with van der Waals surface area (Å²) in [5.74, 6) is 0.938. The summed E-state index contributed by atoms with van der Waals surface area (Å²) in [5, 5.41) is 6.54. The topological polar surface area (TPSA) is 63.2 Å². The van der Waals surface area contributed by atoms with Crippen LogP contribution in [0.1, 0.15) is 45.2 Å². The Morgan fingerprint density at radius 1 is 0.938 bits per heavy atom. The van der Waals surface area contributed by atoms with Crippen LogP contribution in [0.25, 0.3) is 0 Å². The first-order valence-corrected chi connectivity index (χ1v) is 11.9. The van der Waals surface area contributed by atoms with Crippen molar-refractivity contribution in [3.63, 3.8) is 0 Å². The molecule has 0 saturated carbocycles. The number of rotatable bonds is 11. The number of piperazine rings is 1. The molecule has 1 aliphatic heterocycles. The molecule has 1 aromatic carbocycles. The smallest absolute Gasteiger partial charge is 0.224 e. The maximum atomic E-state index is 12.2. The molecule has 1 saturated heterocycles. The van der Waals surface area contributed by atoms with Gasteiger partial charge in [-0.05, 0) is 38.4 Å². The van der Waals surface area contributed by atoms with Crippen LogP contribution in [0.3, 0.4) is 0 Å². The number of hydrogen-bond donors (Lipinski definition) is 2. The lowest BCUT2D eigenvalue weighted by atomic mass is 10.1. The molecule has 1 fully saturated rings. The van der Waals surface area contributed by atoms with Crippen molar-refractivity contribution in [2.75, 3.05) is 58.9 Å². The molecule has 2 N–H and O–H groups in total. The van der Waals surface area contributed by atoms with Crippen LogP contribution in [0.15, 0.2) is 29.3 Å². The number of halogens is 1. The van der Waals surface area contributed by atoms with Gasteiger partial charge in [-0.25, -0.2) is 4.99 Å². The van der Waals surface area contributed by atoms with E-state index in [9.17, 15) is 4.79 Å². The molecular weight excluding hydrogens is 515 g/mol. The number of nitrogens with zero attached hydrogens (tertiary/aromatic N) is 4. The first-order valence-electron chi connectivity index (χ1n) is 11.9. The van der Waals surface area contributed by atoms with Crippen molar-refractivity contribution in [2.45, 2.75) is 47.2 Å². The highest BCUT2D eigenvalue weighted by molar-refractivity contribution is 14.0. The zero-order valence-corrected chi connectivity index (χ0v) is 22.7. The van der Waals surface area contributed by atoms with Gasteiger partial charge in [-0.2, -0.15) is 0 Å². The summed E-state index contributed by atoms with van der Waals surface area (Å²) in [6.07, 6.45) is 0.479. The quantitative estimate of drug-likeness (QED) is 0.249. The number of carbonyl (C=O) groups is 1. The number of amides is 1. The number of aliphatic imine (C=N–C) groups is 1. The molecule has 8 heteroatoms. The fourth-order valence-corrected chi connectivity index (χ4v) is 3.81. The van der Waals surface area contributed by atoms with Crippen molar-refractivity contribution >= 4 is 35.8 Å². The van der Waals surface area contributed by atoms with Crippen molar-refractivity contribution in [3.05, 3.63) is 35.4 Å². The molecule has 0 bridgehead atoms. The van der Waals surface area contributed by atoms with Crippen LogP contribution in [0.2, 0.25) is 0 Å². The summed E-state index contributed by atoms with van der Waals surface area (Å²) in [7, 11) is 0. The summed E-state index contributed by atoms with van der Waals surface area (Å²) in [4.78, 5) is 23.7. The van der Waals surface area contributed by atoms with Gasteiger partial charge in [0.15, 0.2) is 5.96 Å². The zero-order valence-electron chi connectivity index (χ0n) is 20.4. The Bertz CT molecular complexity index is 670. The molecule has 0 aromatic heterocycles. The molecule has 0 unspecified atom stereocenters. The number of carbonyl (C=O) groups excluding carboxylic acids is 1. The van der Waals surface area contributed by atoms with Crippen LogP contribution >= 0.6 is 24.0 Å². The molecule has 1 amide bonds. The predicted molar refractivity (Wildman–Crippen MR) is 145 cm³/mol. The highest BCUT2D eigenvalue weighted by atomic mass is 127. The second kappa shape index (κ2) is 16.3. The molecule has 7 nitrogen and oxygen atoms in total. The molecule has 0 spiro atoms. The number of nitrogens with one attached hydrogen (secondary N) is 2. The van der Waals surface area contributed by atoms with Gasteiger partial charge in [-0.3, -0.25) is 9.69 Å². The standard InChI is InChI=1S/C24H42N6O.HI/c1-5-25-24(26-14-13-23(31)30(7-3)8-4)27-19-21-9-11-22(12-10-21)20-29-17-15-28(6-2)16-18-29;/h9-12H,5-8,13-20H2,1-4H3,(H2,25,26,27);1H. The van der Waals surface area contributed by atoms with Crippen molar-refractivity contribution in [1.82, 2.24) is 25.3 Å². The van der Waals surface area contributed by atoms with Crippen LogP contribution in [0, 0.1) is 0 Å². The predicted octanol–water partition coefficient (Wildman–Crippen LogP) is 2.76. The van der Waals surface area contributed by atoms with Gasteiger partial charge in [-0.15, -0.1) is 24.0 Å².